The van der Waals surface area contributed by atoms with Gasteiger partial charge in [0.2, 0.25) is 10.0 Å². The van der Waals surface area contributed by atoms with Crippen molar-refractivity contribution in [1.29, 1.82) is 0 Å². The van der Waals surface area contributed by atoms with E-state index < -0.39 is 10.0 Å². The zero-order chi connectivity index (χ0) is 15.3. The maximum atomic E-state index is 11.6. The van der Waals surface area contributed by atoms with Crippen LogP contribution in [0.3, 0.4) is 0 Å². The second kappa shape index (κ2) is 7.20. The normalized spacial score (nSPS) is 24.5. The molecule has 116 valence electrons. The minimum Gasteiger partial charge on any atom is -0.310 e. The lowest BCUT2D eigenvalue weighted by molar-refractivity contribution is 0.225. The van der Waals surface area contributed by atoms with Crippen molar-refractivity contribution >= 4 is 16.1 Å². The number of benzene rings is 1. The van der Waals surface area contributed by atoms with Crippen LogP contribution in [0.2, 0.25) is 0 Å². The minimum absolute atomic E-state index is 0.332. The Balaban J connectivity index is 1.79. The summed E-state index contributed by atoms with van der Waals surface area (Å²) >= 11 is 0. The average molecular weight is 308 g/mol. The zero-order valence-electron chi connectivity index (χ0n) is 12.7. The molecule has 1 aliphatic heterocycles. The van der Waals surface area contributed by atoms with Gasteiger partial charge in [0, 0.05) is 25.7 Å². The molecule has 1 heterocycles. The fraction of sp³-hybridized carbons (Fsp3) is 0.500. The molecule has 0 spiro atoms. The third-order valence-electron chi connectivity index (χ3n) is 3.94. The molecule has 1 fully saturated rings. The predicted octanol–water partition coefficient (Wildman–Crippen LogP) is 1.96. The van der Waals surface area contributed by atoms with Gasteiger partial charge in [-0.05, 0) is 17.9 Å². The van der Waals surface area contributed by atoms with Gasteiger partial charge in [0.05, 0.1) is 6.26 Å². The quantitative estimate of drug-likeness (QED) is 0.904. The van der Waals surface area contributed by atoms with E-state index in [9.17, 15) is 8.42 Å². The molecule has 1 saturated heterocycles. The molecular weight excluding hydrogens is 284 g/mol. The number of hydrogen-bond acceptors (Lipinski definition) is 3. The first-order valence-electron chi connectivity index (χ1n) is 7.37. The number of nitrogens with zero attached hydrogens (tertiary/aromatic N) is 1. The largest absolute Gasteiger partial charge is 0.310 e. The van der Waals surface area contributed by atoms with E-state index in [1.807, 2.05) is 18.2 Å². The van der Waals surface area contributed by atoms with E-state index in [2.05, 4.69) is 36.5 Å². The summed E-state index contributed by atoms with van der Waals surface area (Å²) < 4.78 is 24.7. The van der Waals surface area contributed by atoms with Crippen LogP contribution in [0, 0.1) is 5.92 Å². The molecule has 0 bridgehead atoms. The van der Waals surface area contributed by atoms with Crippen molar-refractivity contribution in [3.8, 4) is 0 Å². The number of rotatable bonds is 5. The summed E-state index contributed by atoms with van der Waals surface area (Å²) in [6.07, 6.45) is 6.37. The SMILES string of the molecule is C[C@@H]1CN(S(C)(=O)=O)CC[C@H]1NC/C=C\c1ccccc1. The lowest BCUT2D eigenvalue weighted by atomic mass is 9.95. The zero-order valence-corrected chi connectivity index (χ0v) is 13.5. The summed E-state index contributed by atoms with van der Waals surface area (Å²) in [7, 11) is -3.05. The molecule has 0 aromatic heterocycles. The highest BCUT2D eigenvalue weighted by Gasteiger charge is 2.29. The Bertz CT molecular complexity index is 569. The van der Waals surface area contributed by atoms with Crippen molar-refractivity contribution in [2.75, 3.05) is 25.9 Å². The molecule has 1 N–H and O–H groups in total. The van der Waals surface area contributed by atoms with Crippen molar-refractivity contribution in [1.82, 2.24) is 9.62 Å². The van der Waals surface area contributed by atoms with Crippen molar-refractivity contribution < 1.29 is 8.42 Å². The number of sulfonamides is 1. The van der Waals surface area contributed by atoms with Crippen LogP contribution in [0.4, 0.5) is 0 Å². The smallest absolute Gasteiger partial charge is 0.211 e. The number of hydrogen-bond donors (Lipinski definition) is 1. The highest BCUT2D eigenvalue weighted by molar-refractivity contribution is 7.88. The van der Waals surface area contributed by atoms with E-state index in [1.54, 1.807) is 4.31 Å². The Hall–Kier alpha value is -1.17. The van der Waals surface area contributed by atoms with Gasteiger partial charge in [-0.1, -0.05) is 49.4 Å². The van der Waals surface area contributed by atoms with Crippen LogP contribution in [0.5, 0.6) is 0 Å². The molecule has 21 heavy (non-hydrogen) atoms. The second-order valence-corrected chi connectivity index (χ2v) is 7.70. The Kier molecular flexibility index (Phi) is 5.56. The van der Waals surface area contributed by atoms with Gasteiger partial charge >= 0.3 is 0 Å². The first-order chi connectivity index (χ1) is 9.97. The number of piperidine rings is 1. The van der Waals surface area contributed by atoms with Gasteiger partial charge in [0.15, 0.2) is 0 Å². The Labute approximate surface area is 127 Å². The standard InChI is InChI=1S/C16H24N2O2S/c1-14-13-18(21(2,19)20)12-10-16(14)17-11-6-9-15-7-4-3-5-8-15/h3-9,14,16-17H,10-13H2,1-2H3/b9-6-/t14-,16-/m1/s1. The van der Waals surface area contributed by atoms with Crippen molar-refractivity contribution in [2.45, 2.75) is 19.4 Å². The fourth-order valence-corrected chi connectivity index (χ4v) is 3.63. The minimum atomic E-state index is -3.05. The van der Waals surface area contributed by atoms with E-state index >= 15 is 0 Å². The van der Waals surface area contributed by atoms with Gasteiger partial charge in [0.25, 0.3) is 0 Å². The fourth-order valence-electron chi connectivity index (χ4n) is 2.69. The van der Waals surface area contributed by atoms with Gasteiger partial charge in [-0.15, -0.1) is 0 Å². The maximum absolute atomic E-state index is 11.6. The average Bonchev–Trinajstić information content (AvgIpc) is 2.45. The first kappa shape index (κ1) is 16.2. The molecule has 4 nitrogen and oxygen atoms in total. The molecule has 1 aliphatic rings. The van der Waals surface area contributed by atoms with E-state index in [1.165, 1.54) is 11.8 Å². The van der Waals surface area contributed by atoms with Crippen LogP contribution in [0.15, 0.2) is 36.4 Å². The lowest BCUT2D eigenvalue weighted by Gasteiger charge is -2.35. The lowest BCUT2D eigenvalue weighted by Crippen LogP contribution is -2.49. The summed E-state index contributed by atoms with van der Waals surface area (Å²) in [5.74, 6) is 0.332. The van der Waals surface area contributed by atoms with Crippen LogP contribution in [-0.2, 0) is 10.0 Å². The molecule has 0 unspecified atom stereocenters. The molecule has 0 saturated carbocycles. The maximum Gasteiger partial charge on any atom is 0.211 e. The van der Waals surface area contributed by atoms with Gasteiger partial charge in [0.1, 0.15) is 0 Å². The van der Waals surface area contributed by atoms with E-state index in [4.69, 9.17) is 0 Å². The third kappa shape index (κ3) is 4.95. The van der Waals surface area contributed by atoms with Gasteiger partial charge in [-0.25, -0.2) is 12.7 Å². The molecule has 0 amide bonds. The molecule has 1 aromatic carbocycles. The summed E-state index contributed by atoms with van der Waals surface area (Å²) in [4.78, 5) is 0. The van der Waals surface area contributed by atoms with Crippen LogP contribution < -0.4 is 5.32 Å². The van der Waals surface area contributed by atoms with Crippen molar-refractivity contribution in [3.05, 3.63) is 42.0 Å². The molecular formula is C16H24N2O2S. The highest BCUT2D eigenvalue weighted by atomic mass is 32.2. The summed E-state index contributed by atoms with van der Waals surface area (Å²) in [5, 5.41) is 3.51. The van der Waals surface area contributed by atoms with Crippen molar-refractivity contribution in [3.63, 3.8) is 0 Å². The van der Waals surface area contributed by atoms with E-state index in [0.29, 0.717) is 25.0 Å². The molecule has 0 radical (unpaired) electrons. The first-order valence-corrected chi connectivity index (χ1v) is 9.22. The van der Waals surface area contributed by atoms with Crippen LogP contribution >= 0.6 is 0 Å². The predicted molar refractivity (Wildman–Crippen MR) is 87.5 cm³/mol. The van der Waals surface area contributed by atoms with Crippen molar-refractivity contribution in [2.24, 2.45) is 5.92 Å². The topological polar surface area (TPSA) is 49.4 Å². The van der Waals surface area contributed by atoms with Crippen LogP contribution in [0.25, 0.3) is 6.08 Å². The van der Waals surface area contributed by atoms with E-state index in [0.717, 1.165) is 13.0 Å². The summed E-state index contributed by atoms with van der Waals surface area (Å²) in [6, 6.07) is 10.6. The van der Waals surface area contributed by atoms with E-state index in [-0.39, 0.29) is 0 Å². The monoisotopic (exact) mass is 308 g/mol. The molecule has 2 rings (SSSR count). The molecule has 0 aliphatic carbocycles. The van der Waals surface area contributed by atoms with Crippen LogP contribution in [0.1, 0.15) is 18.9 Å². The van der Waals surface area contributed by atoms with Gasteiger partial charge in [-0.2, -0.15) is 0 Å². The summed E-state index contributed by atoms with van der Waals surface area (Å²) in [6.45, 7) is 4.14. The van der Waals surface area contributed by atoms with Gasteiger partial charge < -0.3 is 5.32 Å². The van der Waals surface area contributed by atoms with Gasteiger partial charge in [-0.3, -0.25) is 0 Å². The third-order valence-corrected chi connectivity index (χ3v) is 5.21. The Morgan fingerprint density at radius 3 is 2.67 bits per heavy atom. The second-order valence-electron chi connectivity index (χ2n) is 5.71. The summed E-state index contributed by atoms with van der Waals surface area (Å²) in [5.41, 5.74) is 1.19. The molecule has 2 atom stereocenters. The highest BCUT2D eigenvalue weighted by Crippen LogP contribution is 2.18. The van der Waals surface area contributed by atoms with Crippen LogP contribution in [-0.4, -0.2) is 44.7 Å². The molecule has 5 heteroatoms. The Morgan fingerprint density at radius 1 is 1.33 bits per heavy atom. The number of nitrogens with one attached hydrogen (secondary N) is 1. The molecule has 1 aromatic rings. The Morgan fingerprint density at radius 2 is 2.05 bits per heavy atom.